The van der Waals surface area contributed by atoms with Crippen LogP contribution in [-0.4, -0.2) is 12.5 Å². The summed E-state index contributed by atoms with van der Waals surface area (Å²) in [5.41, 5.74) is -3.79. The lowest BCUT2D eigenvalue weighted by Crippen LogP contribution is -2.21. The molecular formula is C16H10F7NO2. The van der Waals surface area contributed by atoms with Gasteiger partial charge >= 0.3 is 12.4 Å². The molecule has 1 amide bonds. The van der Waals surface area contributed by atoms with Gasteiger partial charge in [-0.15, -0.1) is 0 Å². The molecule has 1 N–H and O–H groups in total. The first-order valence-corrected chi connectivity index (χ1v) is 6.93. The van der Waals surface area contributed by atoms with Crippen LogP contribution in [0.1, 0.15) is 11.1 Å². The van der Waals surface area contributed by atoms with Crippen LogP contribution >= 0.6 is 0 Å². The van der Waals surface area contributed by atoms with E-state index >= 15 is 0 Å². The summed E-state index contributed by atoms with van der Waals surface area (Å²) in [4.78, 5) is 11.7. The number of anilines is 1. The lowest BCUT2D eigenvalue weighted by Gasteiger charge is -2.15. The number of carbonyl (C=O) groups excluding carboxylic acids is 1. The van der Waals surface area contributed by atoms with Gasteiger partial charge in [0.25, 0.3) is 5.91 Å². The second-order valence-corrected chi connectivity index (χ2v) is 5.09. The number of amides is 1. The summed E-state index contributed by atoms with van der Waals surface area (Å²) in [5, 5.41) is 1.91. The summed E-state index contributed by atoms with van der Waals surface area (Å²) in [7, 11) is 0. The van der Waals surface area contributed by atoms with Gasteiger partial charge < -0.3 is 10.1 Å². The number of hydrogen-bond donors (Lipinski definition) is 1. The van der Waals surface area contributed by atoms with Gasteiger partial charge in [-0.3, -0.25) is 4.79 Å². The number of nitrogens with one attached hydrogen (secondary N) is 1. The first-order valence-electron chi connectivity index (χ1n) is 6.93. The van der Waals surface area contributed by atoms with Crippen LogP contribution in [0.15, 0.2) is 42.5 Å². The molecular weight excluding hydrogens is 371 g/mol. The van der Waals surface area contributed by atoms with E-state index in [0.29, 0.717) is 12.1 Å². The molecule has 0 unspecified atom stereocenters. The van der Waals surface area contributed by atoms with Gasteiger partial charge in [-0.2, -0.15) is 26.3 Å². The second-order valence-electron chi connectivity index (χ2n) is 5.09. The maximum Gasteiger partial charge on any atom is 0.416 e. The number of rotatable bonds is 4. The number of carbonyl (C=O) groups is 1. The number of benzene rings is 2. The van der Waals surface area contributed by atoms with Crippen molar-refractivity contribution in [1.82, 2.24) is 0 Å². The molecule has 3 nitrogen and oxygen atoms in total. The van der Waals surface area contributed by atoms with Crippen molar-refractivity contribution in [3.8, 4) is 5.75 Å². The molecule has 0 fully saturated rings. The summed E-state index contributed by atoms with van der Waals surface area (Å²) in [6.07, 6.45) is -10.0. The second kappa shape index (κ2) is 7.22. The highest BCUT2D eigenvalue weighted by Gasteiger charge is 2.37. The summed E-state index contributed by atoms with van der Waals surface area (Å²) in [5.74, 6) is -1.44. The van der Waals surface area contributed by atoms with E-state index in [1.807, 2.05) is 5.32 Å². The summed E-state index contributed by atoms with van der Waals surface area (Å²) < 4.78 is 94.1. The monoisotopic (exact) mass is 381 g/mol. The van der Waals surface area contributed by atoms with E-state index in [-0.39, 0.29) is 11.8 Å². The molecule has 0 aliphatic carbocycles. The maximum absolute atomic E-state index is 12.7. The Hall–Kier alpha value is -2.78. The van der Waals surface area contributed by atoms with Crippen molar-refractivity contribution >= 4 is 11.6 Å². The summed E-state index contributed by atoms with van der Waals surface area (Å²) in [6.45, 7) is -0.691. The molecule has 2 aromatic rings. The van der Waals surface area contributed by atoms with Crippen molar-refractivity contribution in [3.63, 3.8) is 0 Å². The fourth-order valence-electron chi connectivity index (χ4n) is 1.90. The van der Waals surface area contributed by atoms with E-state index in [4.69, 9.17) is 4.74 Å². The first kappa shape index (κ1) is 19.5. The highest BCUT2D eigenvalue weighted by Crippen LogP contribution is 2.37. The van der Waals surface area contributed by atoms with Crippen molar-refractivity contribution in [1.29, 1.82) is 0 Å². The molecule has 0 saturated carbocycles. The quantitative estimate of drug-likeness (QED) is 0.767. The molecule has 26 heavy (non-hydrogen) atoms. The minimum absolute atomic E-state index is 0.0509. The van der Waals surface area contributed by atoms with Crippen LogP contribution in [0, 0.1) is 5.82 Å². The van der Waals surface area contributed by atoms with E-state index < -0.39 is 47.5 Å². The lowest BCUT2D eigenvalue weighted by atomic mass is 10.1. The fraction of sp³-hybridized carbons (Fsp3) is 0.188. The average molecular weight is 381 g/mol. The lowest BCUT2D eigenvalue weighted by molar-refractivity contribution is -0.143. The molecule has 10 heteroatoms. The molecule has 0 aliphatic rings. The Morgan fingerprint density at radius 1 is 0.885 bits per heavy atom. The molecule has 0 bridgehead atoms. The number of alkyl halides is 6. The van der Waals surface area contributed by atoms with Crippen LogP contribution in [0.4, 0.5) is 36.4 Å². The Kier molecular flexibility index (Phi) is 5.43. The van der Waals surface area contributed by atoms with E-state index in [1.165, 1.54) is 12.1 Å². The Morgan fingerprint density at radius 3 is 1.85 bits per heavy atom. The Morgan fingerprint density at radius 2 is 1.38 bits per heavy atom. The summed E-state index contributed by atoms with van der Waals surface area (Å²) in [6, 6.07) is 5.22. The highest BCUT2D eigenvalue weighted by atomic mass is 19.4. The van der Waals surface area contributed by atoms with Gasteiger partial charge in [0.2, 0.25) is 0 Å². The number of hydrogen-bond acceptors (Lipinski definition) is 2. The normalized spacial score (nSPS) is 12.0. The van der Waals surface area contributed by atoms with Gasteiger partial charge in [0.1, 0.15) is 11.6 Å². The van der Waals surface area contributed by atoms with Crippen molar-refractivity contribution in [2.24, 2.45) is 0 Å². The zero-order valence-corrected chi connectivity index (χ0v) is 12.7. The van der Waals surface area contributed by atoms with E-state index in [9.17, 15) is 35.5 Å². The van der Waals surface area contributed by atoms with Crippen molar-refractivity contribution in [2.75, 3.05) is 11.9 Å². The zero-order valence-electron chi connectivity index (χ0n) is 12.7. The molecule has 0 aromatic heterocycles. The van der Waals surface area contributed by atoms with Gasteiger partial charge in [0.15, 0.2) is 6.61 Å². The zero-order chi connectivity index (χ0) is 19.5. The van der Waals surface area contributed by atoms with Crippen molar-refractivity contribution in [2.45, 2.75) is 12.4 Å². The van der Waals surface area contributed by atoms with Crippen LogP contribution in [-0.2, 0) is 17.1 Å². The molecule has 0 aliphatic heterocycles. The number of ether oxygens (including phenoxy) is 1. The molecule has 140 valence electrons. The van der Waals surface area contributed by atoms with Crippen LogP contribution in [0.3, 0.4) is 0 Å². The van der Waals surface area contributed by atoms with Gasteiger partial charge in [-0.1, -0.05) is 0 Å². The van der Waals surface area contributed by atoms with Crippen LogP contribution in [0.5, 0.6) is 5.75 Å². The van der Waals surface area contributed by atoms with Crippen LogP contribution in [0.2, 0.25) is 0 Å². The standard InChI is InChI=1S/C16H10F7NO2/c17-11-1-3-13(4-2-11)26-8-14(25)24-12-6-9(15(18,19)20)5-10(7-12)16(21,22)23/h1-7H,8H2,(H,24,25). The maximum atomic E-state index is 12.7. The largest absolute Gasteiger partial charge is 0.484 e. The Labute approximate surface area is 142 Å². The van der Waals surface area contributed by atoms with Gasteiger partial charge in [-0.25, -0.2) is 4.39 Å². The third kappa shape index (κ3) is 5.36. The average Bonchev–Trinajstić information content (AvgIpc) is 2.52. The molecule has 0 atom stereocenters. The van der Waals surface area contributed by atoms with Crippen molar-refractivity contribution < 1.29 is 40.3 Å². The van der Waals surface area contributed by atoms with Crippen LogP contribution in [0.25, 0.3) is 0 Å². The van der Waals surface area contributed by atoms with Crippen molar-refractivity contribution in [3.05, 3.63) is 59.4 Å². The molecule has 0 heterocycles. The highest BCUT2D eigenvalue weighted by molar-refractivity contribution is 5.92. The summed E-state index contributed by atoms with van der Waals surface area (Å²) >= 11 is 0. The van der Waals surface area contributed by atoms with Gasteiger partial charge in [-0.05, 0) is 42.5 Å². The Bertz CT molecular complexity index is 750. The van der Waals surface area contributed by atoms with E-state index in [1.54, 1.807) is 0 Å². The third-order valence-corrected chi connectivity index (χ3v) is 3.05. The number of halogens is 7. The molecule has 0 radical (unpaired) electrons. The SMILES string of the molecule is O=C(COc1ccc(F)cc1)Nc1cc(C(F)(F)F)cc(C(F)(F)F)c1. The third-order valence-electron chi connectivity index (χ3n) is 3.05. The molecule has 2 aromatic carbocycles. The van der Waals surface area contributed by atoms with Crippen LogP contribution < -0.4 is 10.1 Å². The predicted molar refractivity (Wildman–Crippen MR) is 77.0 cm³/mol. The molecule has 0 spiro atoms. The topological polar surface area (TPSA) is 38.3 Å². The van der Waals surface area contributed by atoms with E-state index in [2.05, 4.69) is 0 Å². The molecule has 2 rings (SSSR count). The fourth-order valence-corrected chi connectivity index (χ4v) is 1.90. The minimum Gasteiger partial charge on any atom is -0.484 e. The Balaban J connectivity index is 2.14. The first-order chi connectivity index (χ1) is 11.9. The van der Waals surface area contributed by atoms with Gasteiger partial charge in [0, 0.05) is 5.69 Å². The van der Waals surface area contributed by atoms with E-state index in [0.717, 1.165) is 12.1 Å². The smallest absolute Gasteiger partial charge is 0.416 e. The van der Waals surface area contributed by atoms with Gasteiger partial charge in [0.05, 0.1) is 11.1 Å². The molecule has 0 saturated heterocycles. The predicted octanol–water partition coefficient (Wildman–Crippen LogP) is 4.88. The minimum atomic E-state index is -5.02.